The van der Waals surface area contributed by atoms with Crippen LogP contribution >= 0.6 is 23.7 Å². The van der Waals surface area contributed by atoms with E-state index < -0.39 is 0 Å². The van der Waals surface area contributed by atoms with E-state index in [1.807, 2.05) is 20.3 Å². The van der Waals surface area contributed by atoms with E-state index >= 15 is 0 Å². The number of fused-ring (bicyclic) bond motifs is 3. The summed E-state index contributed by atoms with van der Waals surface area (Å²) in [6, 6.07) is 8.28. The Labute approximate surface area is 163 Å². The Bertz CT molecular complexity index is 918. The van der Waals surface area contributed by atoms with Crippen LogP contribution in [0.25, 0.3) is 10.2 Å². The molecule has 0 atom stereocenters. The average Bonchev–Trinajstić information content (AvgIpc) is 3.01. The van der Waals surface area contributed by atoms with Gasteiger partial charge < -0.3 is 4.90 Å². The van der Waals surface area contributed by atoms with Crippen molar-refractivity contribution < 1.29 is 0 Å². The topological polar surface area (TPSA) is 53.4 Å². The first kappa shape index (κ1) is 18.6. The molecule has 0 radical (unpaired) electrons. The summed E-state index contributed by atoms with van der Waals surface area (Å²) in [7, 11) is 4.07. The van der Waals surface area contributed by atoms with E-state index in [2.05, 4.69) is 49.7 Å². The minimum absolute atomic E-state index is 0. The predicted octanol–water partition coefficient (Wildman–Crippen LogP) is 4.50. The van der Waals surface area contributed by atoms with Gasteiger partial charge in [0, 0.05) is 24.7 Å². The highest BCUT2D eigenvalue weighted by molar-refractivity contribution is 7.19. The zero-order valence-corrected chi connectivity index (χ0v) is 16.5. The molecule has 1 N–H and O–H groups in total. The zero-order valence-electron chi connectivity index (χ0n) is 14.9. The number of hydrazone groups is 1. The van der Waals surface area contributed by atoms with Crippen molar-refractivity contribution in [3.63, 3.8) is 0 Å². The van der Waals surface area contributed by atoms with Gasteiger partial charge in [0.15, 0.2) is 5.82 Å². The number of rotatable bonds is 4. The van der Waals surface area contributed by atoms with E-state index in [4.69, 9.17) is 0 Å². The lowest BCUT2D eigenvalue weighted by molar-refractivity contribution is 0.700. The van der Waals surface area contributed by atoms with Gasteiger partial charge in [0.05, 0.1) is 11.6 Å². The van der Waals surface area contributed by atoms with Gasteiger partial charge in [-0.15, -0.1) is 23.7 Å². The van der Waals surface area contributed by atoms with Gasteiger partial charge in [-0.1, -0.05) is 12.1 Å². The fraction of sp³-hybridized carbons (Fsp3) is 0.316. The molecule has 0 saturated heterocycles. The lowest BCUT2D eigenvalue weighted by Gasteiger charge is -2.12. The molecule has 1 aromatic carbocycles. The summed E-state index contributed by atoms with van der Waals surface area (Å²) in [5, 5.41) is 5.55. The minimum atomic E-state index is 0. The van der Waals surface area contributed by atoms with Crippen LogP contribution in [-0.4, -0.2) is 30.3 Å². The minimum Gasteiger partial charge on any atom is -0.378 e. The average molecular weight is 388 g/mol. The summed E-state index contributed by atoms with van der Waals surface area (Å²) in [5.41, 5.74) is 6.77. The second-order valence-corrected chi connectivity index (χ2v) is 7.55. The molecule has 3 aromatic rings. The van der Waals surface area contributed by atoms with E-state index in [1.165, 1.54) is 29.0 Å². The predicted molar refractivity (Wildman–Crippen MR) is 113 cm³/mol. The van der Waals surface area contributed by atoms with Crippen molar-refractivity contribution in [2.45, 2.75) is 25.7 Å². The molecule has 2 aromatic heterocycles. The van der Waals surface area contributed by atoms with E-state index in [9.17, 15) is 0 Å². The molecule has 1 aliphatic rings. The van der Waals surface area contributed by atoms with Crippen LogP contribution in [-0.2, 0) is 12.8 Å². The Morgan fingerprint density at radius 2 is 1.88 bits per heavy atom. The zero-order chi connectivity index (χ0) is 17.2. The van der Waals surface area contributed by atoms with Crippen LogP contribution in [0.4, 0.5) is 11.5 Å². The van der Waals surface area contributed by atoms with Crippen LogP contribution in [0.5, 0.6) is 0 Å². The third-order valence-electron chi connectivity index (χ3n) is 4.54. The van der Waals surface area contributed by atoms with Crippen molar-refractivity contribution in [3.05, 3.63) is 46.6 Å². The van der Waals surface area contributed by atoms with Crippen LogP contribution in [0.15, 0.2) is 35.7 Å². The molecular formula is C19H22ClN5S. The van der Waals surface area contributed by atoms with Crippen LogP contribution in [0.1, 0.15) is 28.8 Å². The van der Waals surface area contributed by atoms with Crippen molar-refractivity contribution in [1.29, 1.82) is 0 Å². The van der Waals surface area contributed by atoms with Crippen LogP contribution < -0.4 is 10.3 Å². The van der Waals surface area contributed by atoms with Gasteiger partial charge in [-0.2, -0.15) is 5.10 Å². The first-order valence-electron chi connectivity index (χ1n) is 8.54. The number of aryl methyl sites for hydroxylation is 2. The van der Waals surface area contributed by atoms with Crippen molar-refractivity contribution in [3.8, 4) is 0 Å². The van der Waals surface area contributed by atoms with Gasteiger partial charge in [0.2, 0.25) is 0 Å². The van der Waals surface area contributed by atoms with E-state index in [0.717, 1.165) is 34.4 Å². The standard InChI is InChI=1S/C19H21N5S.ClH/c1-24(2)14-9-7-13(8-10-14)11-22-23-18-17-15-5-3-4-6-16(15)25-19(17)21-12-20-18;/h7-12H,3-6H2,1-2H3,(H,20,21,23);1H. The normalized spacial score (nSPS) is 13.5. The van der Waals surface area contributed by atoms with Gasteiger partial charge in [-0.05, 0) is 48.9 Å². The van der Waals surface area contributed by atoms with Gasteiger partial charge >= 0.3 is 0 Å². The Morgan fingerprint density at radius 3 is 2.65 bits per heavy atom. The highest BCUT2D eigenvalue weighted by Gasteiger charge is 2.19. The lowest BCUT2D eigenvalue weighted by atomic mass is 9.97. The van der Waals surface area contributed by atoms with Crippen LogP contribution in [0.2, 0.25) is 0 Å². The second kappa shape index (κ2) is 8.01. The van der Waals surface area contributed by atoms with E-state index in [1.54, 1.807) is 17.7 Å². The molecule has 26 heavy (non-hydrogen) atoms. The molecule has 0 aliphatic heterocycles. The third kappa shape index (κ3) is 3.66. The monoisotopic (exact) mass is 387 g/mol. The maximum Gasteiger partial charge on any atom is 0.158 e. The maximum atomic E-state index is 4.45. The molecule has 4 rings (SSSR count). The Hall–Kier alpha value is -2.18. The van der Waals surface area contributed by atoms with Crippen molar-refractivity contribution >= 4 is 51.7 Å². The summed E-state index contributed by atoms with van der Waals surface area (Å²) in [6.07, 6.45) is 8.25. The third-order valence-corrected chi connectivity index (χ3v) is 5.74. The second-order valence-electron chi connectivity index (χ2n) is 6.47. The summed E-state index contributed by atoms with van der Waals surface area (Å²) in [5.74, 6) is 0.811. The van der Waals surface area contributed by atoms with Crippen molar-refractivity contribution in [1.82, 2.24) is 9.97 Å². The molecule has 7 heteroatoms. The smallest absolute Gasteiger partial charge is 0.158 e. The number of hydrogen-bond acceptors (Lipinski definition) is 6. The number of anilines is 2. The summed E-state index contributed by atoms with van der Waals surface area (Å²) in [6.45, 7) is 0. The highest BCUT2D eigenvalue weighted by Crippen LogP contribution is 2.38. The van der Waals surface area contributed by atoms with E-state index in [-0.39, 0.29) is 12.4 Å². The Morgan fingerprint density at radius 1 is 1.12 bits per heavy atom. The largest absolute Gasteiger partial charge is 0.378 e. The van der Waals surface area contributed by atoms with Crippen molar-refractivity contribution in [2.75, 3.05) is 24.4 Å². The fourth-order valence-electron chi connectivity index (χ4n) is 3.20. The van der Waals surface area contributed by atoms with Gasteiger partial charge in [-0.3, -0.25) is 5.43 Å². The molecule has 0 bridgehead atoms. The molecule has 0 amide bonds. The number of hydrogen-bond donors (Lipinski definition) is 1. The Kier molecular flexibility index (Phi) is 5.74. The number of benzene rings is 1. The van der Waals surface area contributed by atoms with E-state index in [0.29, 0.717) is 0 Å². The van der Waals surface area contributed by atoms with Crippen molar-refractivity contribution in [2.24, 2.45) is 5.10 Å². The number of nitrogens with one attached hydrogen (secondary N) is 1. The summed E-state index contributed by atoms with van der Waals surface area (Å²) >= 11 is 1.80. The molecule has 2 heterocycles. The van der Waals surface area contributed by atoms with Gasteiger partial charge in [0.25, 0.3) is 0 Å². The number of nitrogens with zero attached hydrogens (tertiary/aromatic N) is 4. The van der Waals surface area contributed by atoms with Crippen LogP contribution in [0, 0.1) is 0 Å². The summed E-state index contributed by atoms with van der Waals surface area (Å²) in [4.78, 5) is 13.5. The molecule has 0 unspecified atom stereocenters. The first-order chi connectivity index (χ1) is 12.2. The lowest BCUT2D eigenvalue weighted by Crippen LogP contribution is -2.08. The number of halogens is 1. The quantitative estimate of drug-likeness (QED) is 0.528. The van der Waals surface area contributed by atoms with Gasteiger partial charge in [0.1, 0.15) is 11.2 Å². The fourth-order valence-corrected chi connectivity index (χ4v) is 4.43. The SMILES string of the molecule is CN(C)c1ccc(C=NNc2ncnc3sc4c(c23)CCCC4)cc1.Cl. The van der Waals surface area contributed by atoms with Crippen LogP contribution in [0.3, 0.4) is 0 Å². The molecule has 0 spiro atoms. The molecule has 1 aliphatic carbocycles. The summed E-state index contributed by atoms with van der Waals surface area (Å²) < 4.78 is 0. The molecule has 5 nitrogen and oxygen atoms in total. The molecule has 0 saturated carbocycles. The number of aromatic nitrogens is 2. The Balaban J connectivity index is 0.00000196. The number of thiophene rings is 1. The molecular weight excluding hydrogens is 366 g/mol. The molecule has 136 valence electrons. The highest BCUT2D eigenvalue weighted by atomic mass is 35.5. The van der Waals surface area contributed by atoms with Gasteiger partial charge in [-0.25, -0.2) is 9.97 Å². The molecule has 0 fully saturated rings. The first-order valence-corrected chi connectivity index (χ1v) is 9.36. The maximum absolute atomic E-state index is 4.45.